The summed E-state index contributed by atoms with van der Waals surface area (Å²) in [6.07, 6.45) is -1.57. The molecule has 6 heteroatoms. The van der Waals surface area contributed by atoms with Crippen LogP contribution >= 0.6 is 0 Å². The number of ether oxygens (including phenoxy) is 6. The first-order valence-corrected chi connectivity index (χ1v) is 7.41. The molecule has 0 radical (unpaired) electrons. The summed E-state index contributed by atoms with van der Waals surface area (Å²) in [5.74, 6) is -1.21. The second kappa shape index (κ2) is 5.26. The Morgan fingerprint density at radius 3 is 1.50 bits per heavy atom. The van der Waals surface area contributed by atoms with Crippen molar-refractivity contribution in [2.75, 3.05) is 21.3 Å². The van der Waals surface area contributed by atoms with Gasteiger partial charge in [-0.1, -0.05) is 30.3 Å². The van der Waals surface area contributed by atoms with Crippen LogP contribution in [0.3, 0.4) is 0 Å². The first-order valence-electron chi connectivity index (χ1n) is 7.41. The average Bonchev–Trinajstić information content (AvgIpc) is 2.56. The molecule has 120 valence electrons. The van der Waals surface area contributed by atoms with Gasteiger partial charge in [0.05, 0.1) is 0 Å². The van der Waals surface area contributed by atoms with Crippen LogP contribution in [0.4, 0.5) is 0 Å². The van der Waals surface area contributed by atoms with Gasteiger partial charge in [0.25, 0.3) is 0 Å². The predicted octanol–water partition coefficient (Wildman–Crippen LogP) is 1.04. The fraction of sp³-hybridized carbons (Fsp3) is 0.625. The molecule has 4 aliphatic rings. The van der Waals surface area contributed by atoms with E-state index >= 15 is 0 Å². The Kier molecular flexibility index (Phi) is 3.48. The van der Waals surface area contributed by atoms with Gasteiger partial charge in [0.2, 0.25) is 0 Å². The van der Waals surface area contributed by atoms with Gasteiger partial charge < -0.3 is 28.4 Å². The molecule has 0 atom stereocenters. The third kappa shape index (κ3) is 1.83. The molecule has 4 bridgehead atoms. The Bertz CT molecular complexity index is 477. The molecule has 0 amide bonds. The lowest BCUT2D eigenvalue weighted by Gasteiger charge is -2.62. The minimum absolute atomic E-state index is 0.258. The lowest BCUT2D eigenvalue weighted by Crippen LogP contribution is -2.78. The van der Waals surface area contributed by atoms with Gasteiger partial charge in [0, 0.05) is 26.9 Å². The molecule has 4 fully saturated rings. The molecule has 3 saturated heterocycles. The summed E-state index contributed by atoms with van der Waals surface area (Å²) in [4.78, 5) is 0. The highest BCUT2D eigenvalue weighted by Crippen LogP contribution is 2.51. The van der Waals surface area contributed by atoms with E-state index in [9.17, 15) is 0 Å². The number of hydrogen-bond acceptors (Lipinski definition) is 6. The summed E-state index contributed by atoms with van der Waals surface area (Å²) in [5.41, 5.74) is 0.827. The first-order chi connectivity index (χ1) is 10.7. The zero-order valence-corrected chi connectivity index (χ0v) is 12.8. The molecule has 5 rings (SSSR count). The topological polar surface area (TPSA) is 55.4 Å². The van der Waals surface area contributed by atoms with Crippen molar-refractivity contribution in [3.05, 3.63) is 35.9 Å². The zero-order chi connectivity index (χ0) is 15.3. The van der Waals surface area contributed by atoms with Gasteiger partial charge in [-0.05, 0) is 0 Å². The maximum atomic E-state index is 6.15. The number of methoxy groups -OCH3 is 3. The normalized spacial score (nSPS) is 46.1. The molecule has 0 unspecified atom stereocenters. The molecule has 1 aromatic carbocycles. The van der Waals surface area contributed by atoms with Crippen LogP contribution in [-0.4, -0.2) is 58.0 Å². The van der Waals surface area contributed by atoms with Crippen LogP contribution in [0.15, 0.2) is 30.3 Å². The van der Waals surface area contributed by atoms with Gasteiger partial charge in [-0.3, -0.25) is 0 Å². The number of rotatable bonds is 4. The van der Waals surface area contributed by atoms with Crippen molar-refractivity contribution >= 4 is 0 Å². The van der Waals surface area contributed by atoms with Crippen molar-refractivity contribution in [3.8, 4) is 0 Å². The fourth-order valence-corrected chi connectivity index (χ4v) is 3.80. The molecule has 0 aromatic heterocycles. The molecule has 3 aliphatic heterocycles. The van der Waals surface area contributed by atoms with Gasteiger partial charge in [0.1, 0.15) is 36.6 Å². The molecule has 1 saturated carbocycles. The second-order valence-corrected chi connectivity index (χ2v) is 5.77. The van der Waals surface area contributed by atoms with E-state index in [0.29, 0.717) is 0 Å². The van der Waals surface area contributed by atoms with Gasteiger partial charge >= 0.3 is 5.97 Å². The maximum absolute atomic E-state index is 6.15. The number of benzene rings is 1. The van der Waals surface area contributed by atoms with Crippen molar-refractivity contribution in [3.63, 3.8) is 0 Å². The van der Waals surface area contributed by atoms with E-state index in [-0.39, 0.29) is 36.6 Å². The van der Waals surface area contributed by atoms with E-state index in [0.717, 1.165) is 5.56 Å². The molecule has 0 N–H and O–H groups in total. The summed E-state index contributed by atoms with van der Waals surface area (Å²) in [6, 6.07) is 9.66. The minimum atomic E-state index is -1.21. The third-order valence-corrected chi connectivity index (χ3v) is 4.76. The van der Waals surface area contributed by atoms with Crippen molar-refractivity contribution in [2.45, 2.75) is 42.6 Å². The largest absolute Gasteiger partial charge is 0.376 e. The Morgan fingerprint density at radius 2 is 1.14 bits per heavy atom. The standard InChI is InChI=1S/C16H20O6/c1-17-10-13-11(18-2)15-12(19-3)14(10)21-16(20-13,22-15)9-7-5-4-6-8-9/h4-8,10-15H,1-3H3. The van der Waals surface area contributed by atoms with E-state index in [1.807, 2.05) is 30.3 Å². The predicted molar refractivity (Wildman–Crippen MR) is 75.1 cm³/mol. The minimum Gasteiger partial charge on any atom is -0.376 e. The van der Waals surface area contributed by atoms with Crippen LogP contribution in [0.5, 0.6) is 0 Å². The summed E-state index contributed by atoms with van der Waals surface area (Å²) in [5, 5.41) is 0. The van der Waals surface area contributed by atoms with Crippen LogP contribution in [0.2, 0.25) is 0 Å². The van der Waals surface area contributed by atoms with Crippen molar-refractivity contribution in [1.29, 1.82) is 0 Å². The lowest BCUT2D eigenvalue weighted by atomic mass is 9.81. The van der Waals surface area contributed by atoms with E-state index in [1.54, 1.807) is 21.3 Å². The maximum Gasteiger partial charge on any atom is 0.313 e. The van der Waals surface area contributed by atoms with Crippen LogP contribution in [0.25, 0.3) is 0 Å². The average molecular weight is 308 g/mol. The quantitative estimate of drug-likeness (QED) is 0.828. The highest BCUT2D eigenvalue weighted by molar-refractivity contribution is 5.22. The van der Waals surface area contributed by atoms with E-state index < -0.39 is 5.97 Å². The molecule has 6 nitrogen and oxygen atoms in total. The highest BCUT2D eigenvalue weighted by atomic mass is 16.9. The van der Waals surface area contributed by atoms with Gasteiger partial charge in [-0.25, -0.2) is 0 Å². The molecule has 3 heterocycles. The van der Waals surface area contributed by atoms with Crippen molar-refractivity contribution in [2.24, 2.45) is 0 Å². The van der Waals surface area contributed by atoms with E-state index in [2.05, 4.69) is 0 Å². The Balaban J connectivity index is 1.77. The number of hydrogen-bond donors (Lipinski definition) is 0. The van der Waals surface area contributed by atoms with E-state index in [1.165, 1.54) is 0 Å². The molecule has 1 aromatic rings. The Hall–Kier alpha value is -1.02. The van der Waals surface area contributed by atoms with Crippen molar-refractivity contribution < 1.29 is 28.4 Å². The SMILES string of the molecule is COC1C2OC3(c4ccccc4)OC1C(OC)C(O3)C2OC. The first kappa shape index (κ1) is 14.6. The van der Waals surface area contributed by atoms with E-state index in [4.69, 9.17) is 28.4 Å². The summed E-state index contributed by atoms with van der Waals surface area (Å²) in [7, 11) is 4.94. The molecule has 0 spiro atoms. The highest BCUT2D eigenvalue weighted by Gasteiger charge is 2.68. The van der Waals surface area contributed by atoms with Crippen LogP contribution in [0, 0.1) is 0 Å². The van der Waals surface area contributed by atoms with Crippen LogP contribution < -0.4 is 0 Å². The summed E-state index contributed by atoms with van der Waals surface area (Å²) >= 11 is 0. The second-order valence-electron chi connectivity index (χ2n) is 5.77. The van der Waals surface area contributed by atoms with Crippen LogP contribution in [0.1, 0.15) is 5.56 Å². The Labute approximate surface area is 129 Å². The van der Waals surface area contributed by atoms with Crippen LogP contribution in [-0.2, 0) is 34.4 Å². The molecule has 22 heavy (non-hydrogen) atoms. The summed E-state index contributed by atoms with van der Waals surface area (Å²) in [6.45, 7) is 0. The summed E-state index contributed by atoms with van der Waals surface area (Å²) < 4.78 is 35.3. The Morgan fingerprint density at radius 1 is 0.727 bits per heavy atom. The van der Waals surface area contributed by atoms with Gasteiger partial charge in [-0.2, -0.15) is 0 Å². The van der Waals surface area contributed by atoms with Crippen molar-refractivity contribution in [1.82, 2.24) is 0 Å². The smallest absolute Gasteiger partial charge is 0.313 e. The van der Waals surface area contributed by atoms with Gasteiger partial charge in [0.15, 0.2) is 0 Å². The third-order valence-electron chi connectivity index (χ3n) is 4.76. The zero-order valence-electron chi connectivity index (χ0n) is 12.8. The molecular formula is C16H20O6. The fourth-order valence-electron chi connectivity index (χ4n) is 3.80. The monoisotopic (exact) mass is 308 g/mol. The van der Waals surface area contributed by atoms with Gasteiger partial charge in [-0.15, -0.1) is 0 Å². The molecular weight excluding hydrogens is 288 g/mol. The molecule has 1 aliphatic carbocycles. The lowest BCUT2D eigenvalue weighted by molar-refractivity contribution is -0.550.